The fraction of sp³-hybridized carbons (Fsp3) is 0.533. The Balaban J connectivity index is 2.15. The molecule has 4 atom stereocenters. The highest BCUT2D eigenvalue weighted by Crippen LogP contribution is 2.28. The molecule has 1 saturated heterocycles. The predicted molar refractivity (Wildman–Crippen MR) is 73.0 cm³/mol. The minimum atomic E-state index is -0.251. The monoisotopic (exact) mass is 264 g/mol. The summed E-state index contributed by atoms with van der Waals surface area (Å²) in [6, 6.07) is 6.82. The van der Waals surface area contributed by atoms with Gasteiger partial charge in [0.2, 0.25) is 5.91 Å². The summed E-state index contributed by atoms with van der Waals surface area (Å²) in [7, 11) is 0. The predicted octanol–water partition coefficient (Wildman–Crippen LogP) is 1.86. The summed E-state index contributed by atoms with van der Waals surface area (Å²) in [5.41, 5.74) is 6.55. The van der Waals surface area contributed by atoms with Gasteiger partial charge in [-0.1, -0.05) is 19.1 Å². The van der Waals surface area contributed by atoms with E-state index in [1.54, 1.807) is 12.1 Å². The van der Waals surface area contributed by atoms with E-state index < -0.39 is 0 Å². The standard InChI is InChI=1S/C15H21FN2O/c1-9-7-10(2)18-13(14(9)15(17)19)8-11-3-5-12(16)6-4-11/h3-6,9-10,13-14,18H,7-8H2,1-2H3,(H2,17,19). The zero-order chi connectivity index (χ0) is 14.0. The van der Waals surface area contributed by atoms with Gasteiger partial charge in [0.05, 0.1) is 5.92 Å². The second-order valence-corrected chi connectivity index (χ2v) is 5.65. The van der Waals surface area contributed by atoms with Crippen LogP contribution in [0.2, 0.25) is 0 Å². The molecule has 0 saturated carbocycles. The fourth-order valence-corrected chi connectivity index (χ4v) is 3.18. The summed E-state index contributed by atoms with van der Waals surface area (Å²) in [6.45, 7) is 4.19. The van der Waals surface area contributed by atoms with Crippen molar-refractivity contribution in [2.75, 3.05) is 0 Å². The molecule has 0 aromatic heterocycles. The number of halogens is 1. The van der Waals surface area contributed by atoms with Crippen LogP contribution in [0.5, 0.6) is 0 Å². The molecular formula is C15H21FN2O. The highest BCUT2D eigenvalue weighted by Gasteiger charge is 2.36. The van der Waals surface area contributed by atoms with Crippen molar-refractivity contribution in [3.8, 4) is 0 Å². The van der Waals surface area contributed by atoms with E-state index in [0.29, 0.717) is 12.5 Å². The lowest BCUT2D eigenvalue weighted by Crippen LogP contribution is -2.55. The first-order valence-electron chi connectivity index (χ1n) is 6.77. The first-order chi connectivity index (χ1) is 8.97. The normalized spacial score (nSPS) is 31.1. The van der Waals surface area contributed by atoms with Gasteiger partial charge in [-0.05, 0) is 43.4 Å². The second-order valence-electron chi connectivity index (χ2n) is 5.65. The van der Waals surface area contributed by atoms with Crippen LogP contribution in [0.15, 0.2) is 24.3 Å². The molecule has 2 rings (SSSR count). The highest BCUT2D eigenvalue weighted by atomic mass is 19.1. The van der Waals surface area contributed by atoms with Crippen LogP contribution < -0.4 is 11.1 Å². The maximum atomic E-state index is 12.9. The molecule has 1 amide bonds. The van der Waals surface area contributed by atoms with Gasteiger partial charge in [0.15, 0.2) is 0 Å². The van der Waals surface area contributed by atoms with Crippen molar-refractivity contribution in [3.05, 3.63) is 35.6 Å². The van der Waals surface area contributed by atoms with Gasteiger partial charge >= 0.3 is 0 Å². The highest BCUT2D eigenvalue weighted by molar-refractivity contribution is 5.78. The summed E-state index contributed by atoms with van der Waals surface area (Å²) >= 11 is 0. The topological polar surface area (TPSA) is 55.1 Å². The molecule has 0 radical (unpaired) electrons. The summed E-state index contributed by atoms with van der Waals surface area (Å²) < 4.78 is 12.9. The molecule has 1 fully saturated rings. The van der Waals surface area contributed by atoms with Crippen molar-refractivity contribution in [1.29, 1.82) is 0 Å². The number of amides is 1. The Morgan fingerprint density at radius 3 is 2.58 bits per heavy atom. The number of nitrogens with two attached hydrogens (primary N) is 1. The van der Waals surface area contributed by atoms with E-state index in [2.05, 4.69) is 19.2 Å². The van der Waals surface area contributed by atoms with Crippen LogP contribution in [-0.4, -0.2) is 18.0 Å². The van der Waals surface area contributed by atoms with Gasteiger partial charge in [-0.25, -0.2) is 4.39 Å². The average Bonchev–Trinajstić information content (AvgIpc) is 2.30. The summed E-state index contributed by atoms with van der Waals surface area (Å²) in [4.78, 5) is 11.6. The van der Waals surface area contributed by atoms with Crippen LogP contribution in [0, 0.1) is 17.7 Å². The lowest BCUT2D eigenvalue weighted by Gasteiger charge is -2.39. The molecule has 1 aromatic carbocycles. The Hall–Kier alpha value is -1.42. The molecule has 1 heterocycles. The SMILES string of the molecule is CC1CC(C)C(C(N)=O)C(Cc2ccc(F)cc2)N1. The Labute approximate surface area is 113 Å². The van der Waals surface area contributed by atoms with Crippen molar-refractivity contribution in [1.82, 2.24) is 5.32 Å². The molecular weight excluding hydrogens is 243 g/mol. The zero-order valence-corrected chi connectivity index (χ0v) is 11.4. The number of carbonyl (C=O) groups excluding carboxylic acids is 1. The van der Waals surface area contributed by atoms with E-state index >= 15 is 0 Å². The lowest BCUT2D eigenvalue weighted by molar-refractivity contribution is -0.125. The number of carbonyl (C=O) groups is 1. The first kappa shape index (κ1) is 14.0. The number of nitrogens with one attached hydrogen (secondary N) is 1. The molecule has 3 nitrogen and oxygen atoms in total. The van der Waals surface area contributed by atoms with Gasteiger partial charge < -0.3 is 11.1 Å². The van der Waals surface area contributed by atoms with Crippen LogP contribution in [0.1, 0.15) is 25.8 Å². The van der Waals surface area contributed by atoms with E-state index in [1.165, 1.54) is 12.1 Å². The van der Waals surface area contributed by atoms with Gasteiger partial charge in [0, 0.05) is 12.1 Å². The van der Waals surface area contributed by atoms with E-state index in [9.17, 15) is 9.18 Å². The van der Waals surface area contributed by atoms with Crippen molar-refractivity contribution >= 4 is 5.91 Å². The molecule has 4 unspecified atom stereocenters. The van der Waals surface area contributed by atoms with E-state index in [4.69, 9.17) is 5.73 Å². The quantitative estimate of drug-likeness (QED) is 0.875. The van der Waals surface area contributed by atoms with Crippen molar-refractivity contribution in [2.24, 2.45) is 17.6 Å². The number of hydrogen-bond donors (Lipinski definition) is 2. The van der Waals surface area contributed by atoms with Gasteiger partial charge in [0.1, 0.15) is 5.82 Å². The van der Waals surface area contributed by atoms with Crippen LogP contribution in [0.3, 0.4) is 0 Å². The maximum Gasteiger partial charge on any atom is 0.222 e. The fourth-order valence-electron chi connectivity index (χ4n) is 3.18. The molecule has 4 heteroatoms. The van der Waals surface area contributed by atoms with E-state index in [-0.39, 0.29) is 29.6 Å². The van der Waals surface area contributed by atoms with Crippen molar-refractivity contribution in [3.63, 3.8) is 0 Å². The van der Waals surface area contributed by atoms with Crippen molar-refractivity contribution < 1.29 is 9.18 Å². The number of rotatable bonds is 3. The third-order valence-electron chi connectivity index (χ3n) is 3.97. The van der Waals surface area contributed by atoms with Crippen LogP contribution >= 0.6 is 0 Å². The smallest absolute Gasteiger partial charge is 0.222 e. The Morgan fingerprint density at radius 2 is 2.00 bits per heavy atom. The Morgan fingerprint density at radius 1 is 1.37 bits per heavy atom. The Bertz CT molecular complexity index is 446. The number of hydrogen-bond acceptors (Lipinski definition) is 2. The number of piperidine rings is 1. The van der Waals surface area contributed by atoms with Crippen LogP contribution in [0.25, 0.3) is 0 Å². The third-order valence-corrected chi connectivity index (χ3v) is 3.97. The second kappa shape index (κ2) is 5.70. The molecule has 1 aromatic rings. The molecule has 0 spiro atoms. The Kier molecular flexibility index (Phi) is 4.20. The first-order valence-corrected chi connectivity index (χ1v) is 6.77. The van der Waals surface area contributed by atoms with Crippen LogP contribution in [-0.2, 0) is 11.2 Å². The number of primary amides is 1. The molecule has 0 bridgehead atoms. The minimum absolute atomic E-state index is 0.0294. The van der Waals surface area contributed by atoms with E-state index in [0.717, 1.165) is 12.0 Å². The van der Waals surface area contributed by atoms with Gasteiger partial charge in [-0.15, -0.1) is 0 Å². The summed E-state index contributed by atoms with van der Waals surface area (Å²) in [5, 5.41) is 3.45. The maximum absolute atomic E-state index is 12.9. The third kappa shape index (κ3) is 3.32. The van der Waals surface area contributed by atoms with Crippen molar-refractivity contribution in [2.45, 2.75) is 38.8 Å². The van der Waals surface area contributed by atoms with Gasteiger partial charge in [-0.3, -0.25) is 4.79 Å². The molecule has 1 aliphatic heterocycles. The van der Waals surface area contributed by atoms with Gasteiger partial charge in [0.25, 0.3) is 0 Å². The average molecular weight is 264 g/mol. The molecule has 0 aliphatic carbocycles. The summed E-state index contributed by atoms with van der Waals surface area (Å²) in [6.07, 6.45) is 1.65. The number of benzene rings is 1. The van der Waals surface area contributed by atoms with E-state index in [1.807, 2.05) is 0 Å². The molecule has 104 valence electrons. The molecule has 1 aliphatic rings. The molecule has 19 heavy (non-hydrogen) atoms. The lowest BCUT2D eigenvalue weighted by atomic mass is 9.77. The largest absolute Gasteiger partial charge is 0.369 e. The molecule has 3 N–H and O–H groups in total. The van der Waals surface area contributed by atoms with Crippen LogP contribution in [0.4, 0.5) is 4.39 Å². The van der Waals surface area contributed by atoms with Gasteiger partial charge in [-0.2, -0.15) is 0 Å². The summed E-state index contributed by atoms with van der Waals surface area (Å²) in [5.74, 6) is -0.381. The minimum Gasteiger partial charge on any atom is -0.369 e. The zero-order valence-electron chi connectivity index (χ0n) is 11.4.